The number of carbonyl (C=O) groups excluding carboxylic acids is 1. The molecule has 5 nitrogen and oxygen atoms in total. The highest BCUT2D eigenvalue weighted by Crippen LogP contribution is 2.40. The quantitative estimate of drug-likeness (QED) is 0.390. The van der Waals surface area contributed by atoms with Gasteiger partial charge in [-0.15, -0.1) is 0 Å². The molecule has 0 bridgehead atoms. The Morgan fingerprint density at radius 3 is 2.67 bits per heavy atom. The lowest BCUT2D eigenvalue weighted by Gasteiger charge is -2.46. The van der Waals surface area contributed by atoms with Gasteiger partial charge in [0.15, 0.2) is 6.61 Å². The third-order valence-corrected chi connectivity index (χ3v) is 5.92. The van der Waals surface area contributed by atoms with Gasteiger partial charge in [0.05, 0.1) is 11.8 Å². The summed E-state index contributed by atoms with van der Waals surface area (Å²) in [6.07, 6.45) is 3.98. The highest BCUT2D eigenvalue weighted by molar-refractivity contribution is 5.90. The predicted molar refractivity (Wildman–Crippen MR) is 137 cm³/mol. The van der Waals surface area contributed by atoms with Gasteiger partial charge in [0.2, 0.25) is 0 Å². The summed E-state index contributed by atoms with van der Waals surface area (Å²) in [7, 11) is 0. The number of ether oxygens (including phenoxy) is 1. The molecule has 0 saturated heterocycles. The van der Waals surface area contributed by atoms with Crippen molar-refractivity contribution in [3.05, 3.63) is 77.9 Å². The monoisotopic (exact) mass is 441 g/mol. The lowest BCUT2D eigenvalue weighted by atomic mass is 9.87. The summed E-state index contributed by atoms with van der Waals surface area (Å²) in [5.41, 5.74) is 7.11. The summed E-state index contributed by atoms with van der Waals surface area (Å²) < 4.78 is 5.73. The maximum atomic E-state index is 12.3. The molecular formula is C28H31N3O2. The molecule has 4 rings (SSSR count). The number of benzene rings is 3. The van der Waals surface area contributed by atoms with E-state index >= 15 is 0 Å². The number of nitrogens with one attached hydrogen (secondary N) is 1. The maximum absolute atomic E-state index is 12.3. The number of nitrogens with zero attached hydrogens (tertiary/aromatic N) is 2. The van der Waals surface area contributed by atoms with Gasteiger partial charge in [0.1, 0.15) is 5.75 Å². The molecule has 0 aliphatic carbocycles. The Morgan fingerprint density at radius 2 is 1.88 bits per heavy atom. The first-order valence-electron chi connectivity index (χ1n) is 11.3. The number of carbonyl (C=O) groups is 1. The SMILES string of the molecule is CC1=CC(C)(C)N(C(C)C)c2ccc(/C=N/NC(=O)COc3cccc4ccccc34)cc21. The first-order valence-corrected chi connectivity index (χ1v) is 11.3. The van der Waals surface area contributed by atoms with Gasteiger partial charge in [-0.2, -0.15) is 5.10 Å². The average molecular weight is 442 g/mol. The summed E-state index contributed by atoms with van der Waals surface area (Å²) in [5.74, 6) is 0.378. The summed E-state index contributed by atoms with van der Waals surface area (Å²) in [6, 6.07) is 20.4. The third-order valence-electron chi connectivity index (χ3n) is 5.92. The number of amides is 1. The Kier molecular flexibility index (Phi) is 6.23. The number of rotatable bonds is 6. The van der Waals surface area contributed by atoms with Crippen molar-refractivity contribution in [3.63, 3.8) is 0 Å². The van der Waals surface area contributed by atoms with E-state index in [-0.39, 0.29) is 18.1 Å². The molecular weight excluding hydrogens is 410 g/mol. The minimum Gasteiger partial charge on any atom is -0.483 e. The Balaban J connectivity index is 1.42. The van der Waals surface area contributed by atoms with Crippen LogP contribution >= 0.6 is 0 Å². The minimum atomic E-state index is -0.305. The Hall–Kier alpha value is -3.60. The molecule has 5 heteroatoms. The first kappa shape index (κ1) is 22.6. The van der Waals surface area contributed by atoms with Crippen LogP contribution in [0.5, 0.6) is 5.75 Å². The van der Waals surface area contributed by atoms with Crippen LogP contribution in [0.1, 0.15) is 45.7 Å². The van der Waals surface area contributed by atoms with Crippen molar-refractivity contribution < 1.29 is 9.53 Å². The van der Waals surface area contributed by atoms with Gasteiger partial charge in [-0.3, -0.25) is 4.79 Å². The van der Waals surface area contributed by atoms with Crippen molar-refractivity contribution in [2.24, 2.45) is 5.10 Å². The molecule has 0 aromatic heterocycles. The predicted octanol–water partition coefficient (Wildman–Crippen LogP) is 5.78. The fourth-order valence-corrected chi connectivity index (χ4v) is 4.77. The van der Waals surface area contributed by atoms with Crippen LogP contribution in [-0.4, -0.2) is 30.3 Å². The second-order valence-electron chi connectivity index (χ2n) is 9.28. The van der Waals surface area contributed by atoms with Crippen LogP contribution in [0, 0.1) is 0 Å². The Bertz CT molecular complexity index is 1240. The second kappa shape index (κ2) is 9.10. The number of hydrogen-bond donors (Lipinski definition) is 1. The van der Waals surface area contributed by atoms with Crippen LogP contribution in [-0.2, 0) is 4.79 Å². The van der Waals surface area contributed by atoms with Gasteiger partial charge in [-0.05, 0) is 69.3 Å². The molecule has 33 heavy (non-hydrogen) atoms. The van der Waals surface area contributed by atoms with Crippen molar-refractivity contribution in [1.29, 1.82) is 0 Å². The third kappa shape index (κ3) is 4.77. The first-order chi connectivity index (χ1) is 15.8. The van der Waals surface area contributed by atoms with Crippen molar-refractivity contribution >= 4 is 34.2 Å². The van der Waals surface area contributed by atoms with Crippen molar-refractivity contribution in [1.82, 2.24) is 5.43 Å². The van der Waals surface area contributed by atoms with Crippen LogP contribution in [0.3, 0.4) is 0 Å². The zero-order valence-electron chi connectivity index (χ0n) is 19.9. The zero-order valence-corrected chi connectivity index (χ0v) is 19.9. The van der Waals surface area contributed by atoms with Crippen LogP contribution in [0.25, 0.3) is 16.3 Å². The van der Waals surface area contributed by atoms with Crippen molar-refractivity contribution in [3.8, 4) is 5.75 Å². The summed E-state index contributed by atoms with van der Waals surface area (Å²) in [6.45, 7) is 11.0. The lowest BCUT2D eigenvalue weighted by molar-refractivity contribution is -0.123. The smallest absolute Gasteiger partial charge is 0.277 e. The van der Waals surface area contributed by atoms with E-state index in [9.17, 15) is 4.79 Å². The normalized spacial score (nSPS) is 15.0. The number of allylic oxidation sites excluding steroid dienone is 1. The molecule has 3 aromatic rings. The van der Waals surface area contributed by atoms with Crippen molar-refractivity contribution in [2.75, 3.05) is 11.5 Å². The van der Waals surface area contributed by atoms with Gasteiger partial charge in [0.25, 0.3) is 5.91 Å². The topological polar surface area (TPSA) is 53.9 Å². The van der Waals surface area contributed by atoms with E-state index < -0.39 is 0 Å². The van der Waals surface area contributed by atoms with E-state index in [1.165, 1.54) is 16.8 Å². The largest absolute Gasteiger partial charge is 0.483 e. The van der Waals surface area contributed by atoms with E-state index in [0.29, 0.717) is 11.8 Å². The van der Waals surface area contributed by atoms with Crippen molar-refractivity contribution in [2.45, 2.75) is 46.2 Å². The van der Waals surface area contributed by atoms with E-state index in [1.54, 1.807) is 6.21 Å². The number of hydrogen-bond acceptors (Lipinski definition) is 4. The molecule has 1 heterocycles. The fraction of sp³-hybridized carbons (Fsp3) is 0.286. The molecule has 1 aliphatic rings. The number of anilines is 1. The molecule has 3 aromatic carbocycles. The van der Waals surface area contributed by atoms with Crippen LogP contribution < -0.4 is 15.1 Å². The highest BCUT2D eigenvalue weighted by atomic mass is 16.5. The second-order valence-corrected chi connectivity index (χ2v) is 9.28. The molecule has 1 N–H and O–H groups in total. The molecule has 0 atom stereocenters. The fourth-order valence-electron chi connectivity index (χ4n) is 4.77. The molecule has 0 radical (unpaired) electrons. The van der Waals surface area contributed by atoms with Crippen LogP contribution in [0.15, 0.2) is 71.8 Å². The lowest BCUT2D eigenvalue weighted by Crippen LogP contribution is -2.49. The molecule has 0 saturated carbocycles. The average Bonchev–Trinajstić information content (AvgIpc) is 2.77. The molecule has 1 amide bonds. The van der Waals surface area contributed by atoms with Gasteiger partial charge >= 0.3 is 0 Å². The van der Waals surface area contributed by atoms with E-state index in [4.69, 9.17) is 4.74 Å². The number of hydrazone groups is 1. The molecule has 170 valence electrons. The van der Waals surface area contributed by atoms with E-state index in [1.807, 2.05) is 48.5 Å². The van der Waals surface area contributed by atoms with Crippen LogP contribution in [0.2, 0.25) is 0 Å². The molecule has 0 unspecified atom stereocenters. The minimum absolute atomic E-state index is 0.0427. The summed E-state index contributed by atoms with van der Waals surface area (Å²) in [4.78, 5) is 14.7. The van der Waals surface area contributed by atoms with Gasteiger partial charge < -0.3 is 9.64 Å². The van der Waals surface area contributed by atoms with E-state index in [2.05, 4.69) is 68.3 Å². The van der Waals surface area contributed by atoms with Gasteiger partial charge in [-0.1, -0.05) is 48.5 Å². The van der Waals surface area contributed by atoms with Crippen LogP contribution in [0.4, 0.5) is 5.69 Å². The zero-order chi connectivity index (χ0) is 23.6. The molecule has 0 fully saturated rings. The standard InChI is InChI=1S/C28H31N3O2/c1-19(2)31-25-14-13-21(15-24(25)20(3)16-28(31,4)5)17-29-30-27(32)18-33-26-12-8-10-22-9-6-7-11-23(22)26/h6-17,19H,18H2,1-5H3,(H,30,32)/b29-17+. The maximum Gasteiger partial charge on any atom is 0.277 e. The number of fused-ring (bicyclic) bond motifs is 2. The summed E-state index contributed by atoms with van der Waals surface area (Å²) in [5, 5.41) is 6.19. The molecule has 1 aliphatic heterocycles. The van der Waals surface area contributed by atoms with Gasteiger partial charge in [-0.25, -0.2) is 5.43 Å². The van der Waals surface area contributed by atoms with E-state index in [0.717, 1.165) is 16.3 Å². The Morgan fingerprint density at radius 1 is 1.12 bits per heavy atom. The highest BCUT2D eigenvalue weighted by Gasteiger charge is 2.32. The van der Waals surface area contributed by atoms with Gasteiger partial charge in [0, 0.05) is 22.7 Å². The Labute approximate surface area is 195 Å². The molecule has 0 spiro atoms. The summed E-state index contributed by atoms with van der Waals surface area (Å²) >= 11 is 0.